The Labute approximate surface area is 157 Å². The van der Waals surface area contributed by atoms with Crippen LogP contribution in [0.2, 0.25) is 0 Å². The van der Waals surface area contributed by atoms with Gasteiger partial charge in [0.1, 0.15) is 10.7 Å². The Morgan fingerprint density at radius 3 is 2.18 bits per heavy atom. The van der Waals surface area contributed by atoms with Gasteiger partial charge in [0.05, 0.1) is 17.3 Å². The van der Waals surface area contributed by atoms with Gasteiger partial charge in [0.2, 0.25) is 0 Å². The van der Waals surface area contributed by atoms with Crippen LogP contribution in [0.4, 0.5) is 32.0 Å². The first-order chi connectivity index (χ1) is 12.9. The number of halogens is 6. The summed E-state index contributed by atoms with van der Waals surface area (Å²) < 4.78 is 78.9. The summed E-state index contributed by atoms with van der Waals surface area (Å²) in [5.41, 5.74) is -3.21. The van der Waals surface area contributed by atoms with Gasteiger partial charge >= 0.3 is 12.4 Å². The van der Waals surface area contributed by atoms with Crippen LogP contribution < -0.4 is 5.32 Å². The molecule has 0 radical (unpaired) electrons. The Morgan fingerprint density at radius 2 is 1.68 bits per heavy atom. The molecule has 1 N–H and O–H groups in total. The Balaban J connectivity index is 1.88. The van der Waals surface area contributed by atoms with Crippen LogP contribution in [-0.4, -0.2) is 20.7 Å². The molecule has 0 atom stereocenters. The number of aromatic nitrogens is 3. The zero-order chi connectivity index (χ0) is 20.7. The van der Waals surface area contributed by atoms with Gasteiger partial charge in [0.25, 0.3) is 5.91 Å². The van der Waals surface area contributed by atoms with Crippen LogP contribution in [0, 0.1) is 0 Å². The molecule has 3 aromatic rings. The molecule has 3 rings (SSSR count). The number of nitrogens with zero attached hydrogens (tertiary/aromatic N) is 3. The zero-order valence-corrected chi connectivity index (χ0v) is 14.7. The number of benzene rings is 1. The molecule has 0 unspecified atom stereocenters. The summed E-state index contributed by atoms with van der Waals surface area (Å²) in [6.45, 7) is 0. The molecule has 2 heterocycles. The molecular weight excluding hydrogens is 410 g/mol. The number of amides is 1. The molecule has 0 spiro atoms. The van der Waals surface area contributed by atoms with E-state index < -0.39 is 35.1 Å². The van der Waals surface area contributed by atoms with Crippen molar-refractivity contribution in [2.75, 3.05) is 5.32 Å². The van der Waals surface area contributed by atoms with Crippen LogP contribution >= 0.6 is 11.3 Å². The maximum atomic E-state index is 12.9. The molecule has 0 fully saturated rings. The van der Waals surface area contributed by atoms with Gasteiger partial charge in [-0.2, -0.15) is 31.4 Å². The summed E-state index contributed by atoms with van der Waals surface area (Å²) in [5, 5.41) is 7.76. The Kier molecular flexibility index (Phi) is 4.91. The number of thiazole rings is 1. The summed E-state index contributed by atoms with van der Waals surface area (Å²) in [6, 6.07) is 0.849. The summed E-state index contributed by atoms with van der Waals surface area (Å²) in [5.74, 6) is -0.932. The van der Waals surface area contributed by atoms with Crippen molar-refractivity contribution in [1.82, 2.24) is 14.8 Å². The van der Waals surface area contributed by atoms with Crippen molar-refractivity contribution < 1.29 is 31.1 Å². The summed E-state index contributed by atoms with van der Waals surface area (Å²) in [4.78, 5) is 16.3. The standard InChI is InChI=1S/C16H10F6N4OS/c1-26-6-8(5-23-26)14-25-12(7-28-14)13(27)24-11-3-9(15(17,18)19)2-10(4-11)16(20,21)22/h2-7H,1H3,(H,24,27). The van der Waals surface area contributed by atoms with E-state index in [1.165, 1.54) is 16.3 Å². The topological polar surface area (TPSA) is 59.8 Å². The van der Waals surface area contributed by atoms with Crippen molar-refractivity contribution in [2.24, 2.45) is 7.05 Å². The molecule has 2 aromatic heterocycles. The van der Waals surface area contributed by atoms with Gasteiger partial charge in [0, 0.05) is 29.9 Å². The fraction of sp³-hybridized carbons (Fsp3) is 0.188. The molecule has 0 saturated heterocycles. The predicted molar refractivity (Wildman–Crippen MR) is 88.7 cm³/mol. The Bertz CT molecular complexity index is 989. The number of anilines is 1. The van der Waals surface area contributed by atoms with Crippen LogP contribution in [0.15, 0.2) is 36.0 Å². The predicted octanol–water partition coefficient (Wildman–Crippen LogP) is 4.83. The third kappa shape index (κ3) is 4.32. The lowest BCUT2D eigenvalue weighted by Crippen LogP contribution is -2.16. The van der Waals surface area contributed by atoms with E-state index >= 15 is 0 Å². The number of carbonyl (C=O) groups excluding carboxylic acids is 1. The minimum absolute atomic E-state index is 0.0149. The molecule has 0 aliphatic carbocycles. The van der Waals surface area contributed by atoms with Crippen LogP contribution in [0.3, 0.4) is 0 Å². The highest BCUT2D eigenvalue weighted by atomic mass is 32.1. The second kappa shape index (κ2) is 6.93. The quantitative estimate of drug-likeness (QED) is 0.618. The van der Waals surface area contributed by atoms with E-state index in [2.05, 4.69) is 10.1 Å². The molecular formula is C16H10F6N4OS. The summed E-state index contributed by atoms with van der Waals surface area (Å²) >= 11 is 1.08. The summed E-state index contributed by atoms with van der Waals surface area (Å²) in [7, 11) is 1.68. The normalized spacial score (nSPS) is 12.2. The van der Waals surface area contributed by atoms with Crippen molar-refractivity contribution in [3.05, 3.63) is 52.8 Å². The highest BCUT2D eigenvalue weighted by Crippen LogP contribution is 2.37. The Hall–Kier alpha value is -2.89. The first kappa shape index (κ1) is 19.9. The lowest BCUT2D eigenvalue weighted by molar-refractivity contribution is -0.143. The number of rotatable bonds is 3. The van der Waals surface area contributed by atoms with E-state index in [0.717, 1.165) is 11.3 Å². The second-order valence-electron chi connectivity index (χ2n) is 5.69. The van der Waals surface area contributed by atoms with Gasteiger partial charge in [-0.15, -0.1) is 11.3 Å². The van der Waals surface area contributed by atoms with Crippen LogP contribution in [0.5, 0.6) is 0 Å². The molecule has 5 nitrogen and oxygen atoms in total. The lowest BCUT2D eigenvalue weighted by Gasteiger charge is -2.14. The van der Waals surface area contributed by atoms with Gasteiger partial charge in [-0.1, -0.05) is 0 Å². The van der Waals surface area contributed by atoms with E-state index in [1.807, 2.05) is 5.32 Å². The van der Waals surface area contributed by atoms with Gasteiger partial charge in [-0.05, 0) is 18.2 Å². The van der Waals surface area contributed by atoms with Gasteiger partial charge in [0.15, 0.2) is 0 Å². The third-order valence-corrected chi connectivity index (χ3v) is 4.43. The van der Waals surface area contributed by atoms with Crippen molar-refractivity contribution in [3.8, 4) is 10.6 Å². The molecule has 12 heteroatoms. The SMILES string of the molecule is Cn1cc(-c2nc(C(=O)Nc3cc(C(F)(F)F)cc(C(F)(F)F)c3)cs2)cn1. The van der Waals surface area contributed by atoms with Crippen LogP contribution in [0.1, 0.15) is 21.6 Å². The molecule has 1 aromatic carbocycles. The minimum atomic E-state index is -5.01. The smallest absolute Gasteiger partial charge is 0.321 e. The first-order valence-electron chi connectivity index (χ1n) is 7.49. The third-order valence-electron chi connectivity index (χ3n) is 3.53. The van der Waals surface area contributed by atoms with Crippen molar-refractivity contribution in [2.45, 2.75) is 12.4 Å². The lowest BCUT2D eigenvalue weighted by atomic mass is 10.1. The molecule has 0 saturated carbocycles. The number of carbonyl (C=O) groups is 1. The number of hydrogen-bond acceptors (Lipinski definition) is 4. The number of alkyl halides is 6. The maximum Gasteiger partial charge on any atom is 0.416 e. The molecule has 0 bridgehead atoms. The fourth-order valence-corrected chi connectivity index (χ4v) is 3.04. The van der Waals surface area contributed by atoms with Crippen LogP contribution in [0.25, 0.3) is 10.6 Å². The van der Waals surface area contributed by atoms with Gasteiger partial charge in [-0.25, -0.2) is 4.98 Å². The molecule has 1 amide bonds. The number of hydrogen-bond donors (Lipinski definition) is 1. The maximum absolute atomic E-state index is 12.9. The zero-order valence-electron chi connectivity index (χ0n) is 13.9. The van der Waals surface area contributed by atoms with Crippen LogP contribution in [-0.2, 0) is 19.4 Å². The van der Waals surface area contributed by atoms with E-state index in [4.69, 9.17) is 0 Å². The van der Waals surface area contributed by atoms with E-state index in [-0.39, 0.29) is 11.8 Å². The summed E-state index contributed by atoms with van der Waals surface area (Å²) in [6.07, 6.45) is -6.87. The van der Waals surface area contributed by atoms with E-state index in [9.17, 15) is 31.1 Å². The molecule has 0 aliphatic rings. The van der Waals surface area contributed by atoms with Crippen molar-refractivity contribution in [3.63, 3.8) is 0 Å². The Morgan fingerprint density at radius 1 is 1.07 bits per heavy atom. The van der Waals surface area contributed by atoms with E-state index in [0.29, 0.717) is 22.7 Å². The van der Waals surface area contributed by atoms with Crippen molar-refractivity contribution >= 4 is 22.9 Å². The minimum Gasteiger partial charge on any atom is -0.321 e. The second-order valence-corrected chi connectivity index (χ2v) is 6.55. The van der Waals surface area contributed by atoms with Gasteiger partial charge < -0.3 is 5.32 Å². The number of aryl methyl sites for hydroxylation is 1. The number of nitrogens with one attached hydrogen (secondary N) is 1. The largest absolute Gasteiger partial charge is 0.416 e. The average Bonchev–Trinajstić information content (AvgIpc) is 3.21. The molecule has 0 aliphatic heterocycles. The fourth-order valence-electron chi connectivity index (χ4n) is 2.26. The average molecular weight is 420 g/mol. The first-order valence-corrected chi connectivity index (χ1v) is 8.37. The van der Waals surface area contributed by atoms with E-state index in [1.54, 1.807) is 13.2 Å². The van der Waals surface area contributed by atoms with Crippen molar-refractivity contribution in [1.29, 1.82) is 0 Å². The monoisotopic (exact) mass is 420 g/mol. The highest BCUT2D eigenvalue weighted by Gasteiger charge is 2.37. The molecule has 28 heavy (non-hydrogen) atoms. The molecule has 148 valence electrons. The highest BCUT2D eigenvalue weighted by molar-refractivity contribution is 7.13. The van der Waals surface area contributed by atoms with Gasteiger partial charge in [-0.3, -0.25) is 9.48 Å².